The van der Waals surface area contributed by atoms with Crippen LogP contribution in [0.5, 0.6) is 0 Å². The predicted molar refractivity (Wildman–Crippen MR) is 99.8 cm³/mol. The number of fused-ring (bicyclic) bond motifs is 1. The van der Waals surface area contributed by atoms with Crippen LogP contribution in [0, 0.1) is 5.92 Å². The van der Waals surface area contributed by atoms with Crippen molar-refractivity contribution in [1.29, 1.82) is 0 Å². The molecule has 0 fully saturated rings. The Morgan fingerprint density at radius 2 is 2.04 bits per heavy atom. The number of rotatable bonds is 6. The third-order valence-electron chi connectivity index (χ3n) is 3.46. The van der Waals surface area contributed by atoms with Crippen LogP contribution >= 0.6 is 46.3 Å². The molecule has 0 aliphatic heterocycles. The Morgan fingerprint density at radius 3 is 2.75 bits per heavy atom. The molecule has 0 amide bonds. The van der Waals surface area contributed by atoms with Crippen LogP contribution < -0.4 is 5.73 Å². The van der Waals surface area contributed by atoms with E-state index in [1.54, 1.807) is 11.8 Å². The maximum absolute atomic E-state index is 6.06. The zero-order chi connectivity index (χ0) is 17.3. The van der Waals surface area contributed by atoms with Gasteiger partial charge in [0.05, 0.1) is 10.0 Å². The summed E-state index contributed by atoms with van der Waals surface area (Å²) in [5.41, 5.74) is 5.31. The standard InChI is InChI=1S/C15H17Cl2N5S2/c1-8(2)5-12(18)13-19-20-14-22(13)21-15(24-14)23-7-9-3-4-10(16)11(17)6-9/h3-4,6,8,12H,5,7,18H2,1-2H3/p+1/t12-/m0/s1. The normalized spacial score (nSPS) is 13.1. The lowest BCUT2D eigenvalue weighted by atomic mass is 10.0. The van der Waals surface area contributed by atoms with E-state index in [0.717, 1.165) is 32.9 Å². The molecule has 3 aromatic rings. The number of thioether (sulfide) groups is 1. The summed E-state index contributed by atoms with van der Waals surface area (Å²) in [5.74, 6) is 2.16. The summed E-state index contributed by atoms with van der Waals surface area (Å²) in [5, 5.41) is 14.2. The fourth-order valence-corrected chi connectivity index (χ4v) is 4.52. The Bertz CT molecular complexity index is 846. The van der Waals surface area contributed by atoms with E-state index in [1.807, 2.05) is 22.7 Å². The van der Waals surface area contributed by atoms with Crippen molar-refractivity contribution < 1.29 is 5.73 Å². The molecule has 0 saturated heterocycles. The first kappa shape index (κ1) is 17.9. The van der Waals surface area contributed by atoms with Gasteiger partial charge < -0.3 is 5.73 Å². The second kappa shape index (κ2) is 7.58. The lowest BCUT2D eigenvalue weighted by Gasteiger charge is -2.07. The van der Waals surface area contributed by atoms with Crippen LogP contribution in [0.3, 0.4) is 0 Å². The number of benzene rings is 1. The molecular weight excluding hydrogens is 385 g/mol. The van der Waals surface area contributed by atoms with Gasteiger partial charge in [-0.05, 0) is 23.6 Å². The van der Waals surface area contributed by atoms with E-state index in [0.29, 0.717) is 16.0 Å². The fraction of sp³-hybridized carbons (Fsp3) is 0.400. The third kappa shape index (κ3) is 4.03. The van der Waals surface area contributed by atoms with Gasteiger partial charge >= 0.3 is 0 Å². The number of aromatic nitrogens is 4. The molecule has 1 aromatic carbocycles. The largest absolute Gasteiger partial charge is 0.349 e. The van der Waals surface area contributed by atoms with Crippen molar-refractivity contribution in [2.45, 2.75) is 36.4 Å². The molecule has 3 rings (SSSR count). The lowest BCUT2D eigenvalue weighted by molar-refractivity contribution is -0.432. The van der Waals surface area contributed by atoms with E-state index < -0.39 is 0 Å². The van der Waals surface area contributed by atoms with Gasteiger partial charge in [-0.1, -0.05) is 66.2 Å². The molecule has 0 aliphatic rings. The Morgan fingerprint density at radius 1 is 1.25 bits per heavy atom. The smallest absolute Gasteiger partial charge is 0.235 e. The Kier molecular flexibility index (Phi) is 5.66. The summed E-state index contributed by atoms with van der Waals surface area (Å²) in [6.07, 6.45) is 0.962. The van der Waals surface area contributed by atoms with Gasteiger partial charge in [-0.2, -0.15) is 4.52 Å². The van der Waals surface area contributed by atoms with Crippen molar-refractivity contribution in [3.05, 3.63) is 39.6 Å². The monoisotopic (exact) mass is 402 g/mol. The highest BCUT2D eigenvalue weighted by atomic mass is 35.5. The fourth-order valence-electron chi connectivity index (χ4n) is 2.38. The van der Waals surface area contributed by atoms with Crippen LogP contribution in [0.2, 0.25) is 10.0 Å². The Balaban J connectivity index is 1.74. The molecule has 5 nitrogen and oxygen atoms in total. The van der Waals surface area contributed by atoms with Crippen LogP contribution in [-0.2, 0) is 5.75 Å². The second-order valence-corrected chi connectivity index (χ2v) is 8.98. The van der Waals surface area contributed by atoms with E-state index in [1.165, 1.54) is 11.3 Å². The third-order valence-corrected chi connectivity index (χ3v) is 6.31. The minimum Gasteiger partial charge on any atom is -0.349 e. The van der Waals surface area contributed by atoms with Crippen molar-refractivity contribution >= 4 is 51.3 Å². The highest BCUT2D eigenvalue weighted by molar-refractivity contribution is 8.00. The number of nitrogens with zero attached hydrogens (tertiary/aromatic N) is 4. The highest BCUT2D eigenvalue weighted by Crippen LogP contribution is 2.30. The van der Waals surface area contributed by atoms with Gasteiger partial charge in [0.15, 0.2) is 4.34 Å². The van der Waals surface area contributed by atoms with E-state index in [-0.39, 0.29) is 6.04 Å². The zero-order valence-electron chi connectivity index (χ0n) is 13.4. The van der Waals surface area contributed by atoms with Gasteiger partial charge in [0.25, 0.3) is 0 Å². The molecule has 128 valence electrons. The van der Waals surface area contributed by atoms with E-state index in [4.69, 9.17) is 23.2 Å². The molecule has 3 N–H and O–H groups in total. The summed E-state index contributed by atoms with van der Waals surface area (Å²) in [7, 11) is 0. The summed E-state index contributed by atoms with van der Waals surface area (Å²) in [6, 6.07) is 5.77. The number of hydrogen-bond acceptors (Lipinski definition) is 5. The van der Waals surface area contributed by atoms with Crippen LogP contribution in [-0.4, -0.2) is 19.8 Å². The molecule has 0 spiro atoms. The second-order valence-electron chi connectivity index (χ2n) is 5.98. The quantitative estimate of drug-likeness (QED) is 0.629. The summed E-state index contributed by atoms with van der Waals surface area (Å²) >= 11 is 15.2. The van der Waals surface area contributed by atoms with Gasteiger partial charge in [-0.15, -0.1) is 15.3 Å². The van der Waals surface area contributed by atoms with Crippen molar-refractivity contribution in [1.82, 2.24) is 19.8 Å². The van der Waals surface area contributed by atoms with Crippen molar-refractivity contribution in [3.63, 3.8) is 0 Å². The van der Waals surface area contributed by atoms with Gasteiger partial charge in [-0.3, -0.25) is 0 Å². The molecule has 9 heteroatoms. The van der Waals surface area contributed by atoms with Crippen LogP contribution in [0.1, 0.15) is 37.7 Å². The Labute approximate surface area is 158 Å². The minimum absolute atomic E-state index is 0.0926. The van der Waals surface area contributed by atoms with Crippen molar-refractivity contribution in [2.24, 2.45) is 5.92 Å². The number of quaternary nitrogens is 1. The first-order valence-corrected chi connectivity index (χ1v) is 10.1. The highest BCUT2D eigenvalue weighted by Gasteiger charge is 2.21. The maximum atomic E-state index is 6.06. The zero-order valence-corrected chi connectivity index (χ0v) is 16.5. The average molecular weight is 403 g/mol. The Hall–Kier alpha value is -0.860. The molecule has 0 radical (unpaired) electrons. The van der Waals surface area contributed by atoms with E-state index >= 15 is 0 Å². The van der Waals surface area contributed by atoms with Crippen LogP contribution in [0.4, 0.5) is 0 Å². The van der Waals surface area contributed by atoms with Gasteiger partial charge in [0.2, 0.25) is 10.8 Å². The van der Waals surface area contributed by atoms with Gasteiger partial charge in [-0.25, -0.2) is 0 Å². The first-order chi connectivity index (χ1) is 11.4. The first-order valence-electron chi connectivity index (χ1n) is 7.56. The van der Waals surface area contributed by atoms with E-state index in [2.05, 4.69) is 34.9 Å². The van der Waals surface area contributed by atoms with E-state index in [9.17, 15) is 0 Å². The molecule has 2 heterocycles. The number of halogens is 2. The molecular formula is C15H18Cl2N5S2+. The van der Waals surface area contributed by atoms with Crippen molar-refractivity contribution in [3.8, 4) is 0 Å². The lowest BCUT2D eigenvalue weighted by Crippen LogP contribution is -2.54. The predicted octanol–water partition coefficient (Wildman–Crippen LogP) is 4.11. The van der Waals surface area contributed by atoms with Gasteiger partial charge in [0, 0.05) is 12.2 Å². The molecule has 0 bridgehead atoms. The SMILES string of the molecule is CC(C)C[C@H]([NH3+])c1nnc2sc(SCc3ccc(Cl)c(Cl)c3)nn12. The summed E-state index contributed by atoms with van der Waals surface area (Å²) < 4.78 is 2.77. The van der Waals surface area contributed by atoms with Gasteiger partial charge in [0.1, 0.15) is 6.04 Å². The molecule has 2 aromatic heterocycles. The molecule has 0 unspecified atom stereocenters. The number of hydrogen-bond donors (Lipinski definition) is 1. The van der Waals surface area contributed by atoms with Crippen LogP contribution in [0.25, 0.3) is 4.96 Å². The summed E-state index contributed by atoms with van der Waals surface area (Å²) in [6.45, 7) is 4.35. The summed E-state index contributed by atoms with van der Waals surface area (Å²) in [4.78, 5) is 0.805. The molecule has 0 aliphatic carbocycles. The van der Waals surface area contributed by atoms with Crippen molar-refractivity contribution in [2.75, 3.05) is 0 Å². The average Bonchev–Trinajstić information content (AvgIpc) is 3.07. The molecule has 0 saturated carbocycles. The maximum Gasteiger partial charge on any atom is 0.235 e. The minimum atomic E-state index is 0.0926. The topological polar surface area (TPSA) is 70.7 Å². The molecule has 24 heavy (non-hydrogen) atoms. The molecule has 1 atom stereocenters. The van der Waals surface area contributed by atoms with Crippen LogP contribution in [0.15, 0.2) is 22.5 Å².